The Morgan fingerprint density at radius 3 is 1.81 bits per heavy atom. The van der Waals surface area contributed by atoms with Gasteiger partial charge >= 0.3 is 0 Å². The van der Waals surface area contributed by atoms with Gasteiger partial charge < -0.3 is 4.42 Å². The Labute approximate surface area is 252 Å². The second-order valence-corrected chi connectivity index (χ2v) is 11.1. The molecule has 0 spiro atoms. The minimum atomic E-state index is 0.384. The second kappa shape index (κ2) is 9.44. The van der Waals surface area contributed by atoms with Crippen LogP contribution in [-0.2, 0) is 0 Å². The van der Waals surface area contributed by atoms with E-state index in [4.69, 9.17) is 7.16 Å². The van der Waals surface area contributed by atoms with Gasteiger partial charge in [-0.1, -0.05) is 133 Å². The van der Waals surface area contributed by atoms with E-state index in [-0.39, 0.29) is 0 Å². The highest BCUT2D eigenvalue weighted by Gasteiger charge is 2.19. The molecule has 0 saturated carbocycles. The quantitative estimate of drug-likeness (QED) is 0.200. The fourth-order valence-corrected chi connectivity index (χ4v) is 6.78. The summed E-state index contributed by atoms with van der Waals surface area (Å²) in [7, 11) is 0. The Kier molecular flexibility index (Phi) is 4.83. The van der Waals surface area contributed by atoms with Gasteiger partial charge in [0.25, 0.3) is 0 Å². The predicted octanol–water partition coefficient (Wildman–Crippen LogP) is 12.0. The van der Waals surface area contributed by atoms with Crippen molar-refractivity contribution >= 4 is 54.3 Å². The highest BCUT2D eigenvalue weighted by Crippen LogP contribution is 2.46. The molecule has 1 heterocycles. The number of benzene rings is 8. The van der Waals surface area contributed by atoms with Crippen LogP contribution in [0.1, 0.15) is 2.74 Å². The molecule has 1 aromatic heterocycles. The molecule has 0 fully saturated rings. The summed E-state index contributed by atoms with van der Waals surface area (Å²) in [5, 5.41) is 8.81. The summed E-state index contributed by atoms with van der Waals surface area (Å²) in [6.07, 6.45) is 0. The summed E-state index contributed by atoms with van der Waals surface area (Å²) in [6.45, 7) is 0. The van der Waals surface area contributed by atoms with Gasteiger partial charge in [0.1, 0.15) is 11.2 Å². The lowest BCUT2D eigenvalue weighted by atomic mass is 9.83. The number of para-hydroxylation sites is 1. The Morgan fingerprint density at radius 1 is 0.395 bits per heavy atom. The summed E-state index contributed by atoms with van der Waals surface area (Å²) < 4.78 is 23.1. The average Bonchev–Trinajstić information content (AvgIpc) is 3.46. The zero-order chi connectivity index (χ0) is 30.1. The smallest absolute Gasteiger partial charge is 0.135 e. The van der Waals surface area contributed by atoms with Crippen LogP contribution in [-0.4, -0.2) is 0 Å². The highest BCUT2D eigenvalue weighted by molar-refractivity contribution is 6.23. The van der Waals surface area contributed by atoms with Crippen LogP contribution in [0.3, 0.4) is 0 Å². The Morgan fingerprint density at radius 2 is 1.05 bits per heavy atom. The summed E-state index contributed by atoms with van der Waals surface area (Å²) in [6, 6.07) is 51.3. The Balaban J connectivity index is 1.35. The minimum Gasteiger partial charge on any atom is -0.456 e. The molecule has 0 saturated heterocycles. The topological polar surface area (TPSA) is 13.1 Å². The largest absolute Gasteiger partial charge is 0.456 e. The highest BCUT2D eigenvalue weighted by atomic mass is 16.3. The van der Waals surface area contributed by atoms with Gasteiger partial charge in [0.05, 0.1) is 2.74 Å². The number of furan rings is 1. The van der Waals surface area contributed by atoms with Crippen LogP contribution < -0.4 is 0 Å². The third-order valence-electron chi connectivity index (χ3n) is 8.70. The third-order valence-corrected chi connectivity index (χ3v) is 8.70. The molecule has 0 bridgehead atoms. The minimum absolute atomic E-state index is 0.384. The zero-order valence-corrected chi connectivity index (χ0v) is 23.3. The molecule has 0 aliphatic rings. The molecule has 9 rings (SSSR count). The van der Waals surface area contributed by atoms with Gasteiger partial charge in [0.15, 0.2) is 0 Å². The van der Waals surface area contributed by atoms with Gasteiger partial charge in [-0.05, 0) is 89.9 Å². The molecule has 0 N–H and O–H groups in total. The molecule has 43 heavy (non-hydrogen) atoms. The lowest BCUT2D eigenvalue weighted by Crippen LogP contribution is -1.92. The second-order valence-electron chi connectivity index (χ2n) is 11.1. The van der Waals surface area contributed by atoms with Crippen LogP contribution in [0.25, 0.3) is 87.6 Å². The first-order valence-electron chi connectivity index (χ1n) is 15.6. The van der Waals surface area contributed by atoms with Gasteiger partial charge in [0, 0.05) is 10.8 Å². The van der Waals surface area contributed by atoms with E-state index in [2.05, 4.69) is 103 Å². The van der Waals surface area contributed by atoms with Crippen LogP contribution in [0.4, 0.5) is 0 Å². The monoisotopic (exact) mass is 548 g/mol. The Hall–Kier alpha value is -5.66. The first-order chi connectivity index (χ1) is 22.1. The molecular formula is C42H26O. The molecule has 200 valence electrons. The summed E-state index contributed by atoms with van der Waals surface area (Å²) in [4.78, 5) is 0. The third kappa shape index (κ3) is 3.72. The van der Waals surface area contributed by atoms with Crippen molar-refractivity contribution in [2.24, 2.45) is 0 Å². The lowest BCUT2D eigenvalue weighted by Gasteiger charge is -2.20. The first-order valence-corrected chi connectivity index (χ1v) is 14.6. The molecule has 1 heteroatoms. The van der Waals surface area contributed by atoms with Crippen LogP contribution in [0, 0.1) is 0 Å². The molecule has 0 aliphatic heterocycles. The van der Waals surface area contributed by atoms with Crippen LogP contribution in [0.2, 0.25) is 0 Å². The number of hydrogen-bond acceptors (Lipinski definition) is 1. The molecular weight excluding hydrogens is 520 g/mol. The van der Waals surface area contributed by atoms with Gasteiger partial charge in [0.2, 0.25) is 0 Å². The predicted molar refractivity (Wildman–Crippen MR) is 183 cm³/mol. The van der Waals surface area contributed by atoms with Crippen molar-refractivity contribution in [3.63, 3.8) is 0 Å². The summed E-state index contributed by atoms with van der Waals surface area (Å²) >= 11 is 0. The molecule has 0 atom stereocenters. The van der Waals surface area contributed by atoms with Crippen molar-refractivity contribution in [3.8, 4) is 33.4 Å². The molecule has 0 radical (unpaired) electrons. The maximum atomic E-state index is 8.97. The van der Waals surface area contributed by atoms with E-state index in [1.54, 1.807) is 0 Å². The molecule has 0 unspecified atom stereocenters. The molecule has 8 aromatic carbocycles. The van der Waals surface area contributed by atoms with Gasteiger partial charge in [-0.2, -0.15) is 0 Å². The van der Waals surface area contributed by atoms with E-state index in [0.717, 1.165) is 60.2 Å². The van der Waals surface area contributed by atoms with Gasteiger partial charge in [-0.15, -0.1) is 0 Å². The standard InChI is InChI=1S/C42H26O/c1-2-12-28-25-29(22-21-27(28)11-1)31-13-3-4-15-33(31)42-36-18-7-5-16-34(36)41(35-17-6-8-19-37(35)42)30-23-24-40-38(26-30)32-14-9-10-20-39(32)43-40/h1-26H/i1D,24D. The van der Waals surface area contributed by atoms with Crippen LogP contribution in [0.15, 0.2) is 162 Å². The van der Waals surface area contributed by atoms with Crippen molar-refractivity contribution in [1.82, 2.24) is 0 Å². The molecule has 1 nitrogen and oxygen atoms in total. The van der Waals surface area contributed by atoms with Crippen molar-refractivity contribution in [3.05, 3.63) is 158 Å². The lowest BCUT2D eigenvalue weighted by molar-refractivity contribution is 0.669. The fraction of sp³-hybridized carbons (Fsp3) is 0. The Bertz CT molecular complexity index is 2570. The van der Waals surface area contributed by atoms with Crippen molar-refractivity contribution in [2.45, 2.75) is 0 Å². The first kappa shape index (κ1) is 22.0. The van der Waals surface area contributed by atoms with Crippen LogP contribution in [0.5, 0.6) is 0 Å². The normalized spacial score (nSPS) is 12.4. The van der Waals surface area contributed by atoms with E-state index in [0.29, 0.717) is 17.7 Å². The molecule has 9 aromatic rings. The number of hydrogen-bond donors (Lipinski definition) is 0. The van der Waals surface area contributed by atoms with E-state index in [1.807, 2.05) is 42.5 Å². The van der Waals surface area contributed by atoms with E-state index >= 15 is 0 Å². The van der Waals surface area contributed by atoms with Gasteiger partial charge in [-0.3, -0.25) is 0 Å². The fourth-order valence-electron chi connectivity index (χ4n) is 6.78. The number of fused-ring (bicyclic) bond motifs is 6. The van der Waals surface area contributed by atoms with E-state index in [9.17, 15) is 0 Å². The summed E-state index contributed by atoms with van der Waals surface area (Å²) in [5.74, 6) is 0. The van der Waals surface area contributed by atoms with E-state index < -0.39 is 0 Å². The SMILES string of the molecule is [2H]c1ccc2cc(-c3ccccc3-c3c4ccccc4c(-c4cc([2H])c5oc6ccccc6c5c4)c4ccccc34)ccc2c1. The maximum Gasteiger partial charge on any atom is 0.135 e. The summed E-state index contributed by atoms with van der Waals surface area (Å²) in [5.41, 5.74) is 8.23. The van der Waals surface area contributed by atoms with Gasteiger partial charge in [-0.25, -0.2) is 0 Å². The van der Waals surface area contributed by atoms with Crippen LogP contribution >= 0.6 is 0 Å². The maximum absolute atomic E-state index is 8.97. The zero-order valence-electron chi connectivity index (χ0n) is 25.3. The van der Waals surface area contributed by atoms with Crippen molar-refractivity contribution < 1.29 is 7.16 Å². The molecule has 0 aliphatic carbocycles. The molecule has 0 amide bonds. The average molecular weight is 549 g/mol. The van der Waals surface area contributed by atoms with Crippen molar-refractivity contribution in [1.29, 1.82) is 0 Å². The van der Waals surface area contributed by atoms with E-state index in [1.165, 1.54) is 21.9 Å². The number of rotatable bonds is 3. The van der Waals surface area contributed by atoms with Crippen molar-refractivity contribution in [2.75, 3.05) is 0 Å².